The fourth-order valence-corrected chi connectivity index (χ4v) is 1.80. The van der Waals surface area contributed by atoms with Gasteiger partial charge in [-0.05, 0) is 31.4 Å². The van der Waals surface area contributed by atoms with E-state index in [0.717, 1.165) is 12.8 Å². The smallest absolute Gasteiger partial charge is 0.311 e. The Labute approximate surface area is 116 Å². The lowest BCUT2D eigenvalue weighted by Gasteiger charge is -2.02. The molecule has 0 bridgehead atoms. The van der Waals surface area contributed by atoms with Crippen molar-refractivity contribution in [2.45, 2.75) is 51.9 Å². The van der Waals surface area contributed by atoms with Gasteiger partial charge in [-0.3, -0.25) is 4.79 Å². The van der Waals surface area contributed by atoms with Gasteiger partial charge in [0.2, 0.25) is 0 Å². The fourth-order valence-electron chi connectivity index (χ4n) is 1.80. The molecule has 1 aromatic rings. The third-order valence-electron chi connectivity index (χ3n) is 2.88. The van der Waals surface area contributed by atoms with Gasteiger partial charge in [0.25, 0.3) is 0 Å². The summed E-state index contributed by atoms with van der Waals surface area (Å²) in [5.41, 5.74) is 0. The van der Waals surface area contributed by atoms with Crippen molar-refractivity contribution in [3.63, 3.8) is 0 Å². The van der Waals surface area contributed by atoms with Crippen LogP contribution >= 0.6 is 0 Å². The number of hydrogen-bond acceptors (Lipinski definition) is 2. The van der Waals surface area contributed by atoms with Crippen molar-refractivity contribution in [3.05, 3.63) is 42.5 Å². The van der Waals surface area contributed by atoms with E-state index in [1.165, 1.54) is 25.7 Å². The van der Waals surface area contributed by atoms with Gasteiger partial charge >= 0.3 is 5.97 Å². The normalized spacial score (nSPS) is 10.8. The summed E-state index contributed by atoms with van der Waals surface area (Å²) in [6.45, 7) is 2.22. The van der Waals surface area contributed by atoms with E-state index in [0.29, 0.717) is 12.2 Å². The maximum Gasteiger partial charge on any atom is 0.311 e. The summed E-state index contributed by atoms with van der Waals surface area (Å²) in [5.74, 6) is 0.456. The molecule has 0 N–H and O–H groups in total. The number of allylic oxidation sites excluding steroid dienone is 2. The topological polar surface area (TPSA) is 26.3 Å². The summed E-state index contributed by atoms with van der Waals surface area (Å²) in [6, 6.07) is 9.21. The van der Waals surface area contributed by atoms with Crippen LogP contribution in [0.4, 0.5) is 0 Å². The number of benzene rings is 1. The van der Waals surface area contributed by atoms with Crippen LogP contribution in [0, 0.1) is 0 Å². The summed E-state index contributed by atoms with van der Waals surface area (Å²) in [5, 5.41) is 0. The van der Waals surface area contributed by atoms with Crippen molar-refractivity contribution in [3.8, 4) is 5.75 Å². The predicted molar refractivity (Wildman–Crippen MR) is 79.2 cm³/mol. The molecule has 0 heterocycles. The Kier molecular flexibility index (Phi) is 8.45. The first-order chi connectivity index (χ1) is 9.33. The molecule has 19 heavy (non-hydrogen) atoms. The van der Waals surface area contributed by atoms with Gasteiger partial charge in [-0.1, -0.05) is 56.5 Å². The van der Waals surface area contributed by atoms with Gasteiger partial charge in [-0.25, -0.2) is 0 Å². The molecular formula is C17H24O2. The van der Waals surface area contributed by atoms with E-state index < -0.39 is 0 Å². The van der Waals surface area contributed by atoms with E-state index in [2.05, 4.69) is 19.1 Å². The zero-order chi connectivity index (χ0) is 13.8. The van der Waals surface area contributed by atoms with E-state index in [9.17, 15) is 4.79 Å². The molecule has 0 radical (unpaired) electrons. The van der Waals surface area contributed by atoms with Crippen LogP contribution in [0.1, 0.15) is 51.9 Å². The van der Waals surface area contributed by atoms with E-state index in [4.69, 9.17) is 4.74 Å². The van der Waals surface area contributed by atoms with Gasteiger partial charge in [0.15, 0.2) is 0 Å². The lowest BCUT2D eigenvalue weighted by molar-refractivity contribution is -0.134. The summed E-state index contributed by atoms with van der Waals surface area (Å²) in [7, 11) is 0. The predicted octanol–water partition coefficient (Wildman–Crippen LogP) is 4.90. The molecule has 104 valence electrons. The maximum absolute atomic E-state index is 11.5. The molecule has 0 aliphatic heterocycles. The highest BCUT2D eigenvalue weighted by Crippen LogP contribution is 2.10. The number of esters is 1. The van der Waals surface area contributed by atoms with Crippen molar-refractivity contribution < 1.29 is 9.53 Å². The Balaban J connectivity index is 2.06. The van der Waals surface area contributed by atoms with Crippen molar-refractivity contribution in [2.75, 3.05) is 0 Å². The Hall–Kier alpha value is -1.57. The minimum absolute atomic E-state index is 0.165. The quantitative estimate of drug-likeness (QED) is 0.273. The summed E-state index contributed by atoms with van der Waals surface area (Å²) in [6.07, 6.45) is 11.7. The number of carbonyl (C=O) groups excluding carboxylic acids is 1. The molecule has 0 spiro atoms. The molecular weight excluding hydrogens is 236 g/mol. The lowest BCUT2D eigenvalue weighted by atomic mass is 10.1. The Morgan fingerprint density at radius 3 is 2.53 bits per heavy atom. The first-order valence-electron chi connectivity index (χ1n) is 7.23. The molecule has 0 aliphatic rings. The number of carbonyl (C=O) groups is 1. The van der Waals surface area contributed by atoms with Crippen LogP contribution in [0.3, 0.4) is 0 Å². The highest BCUT2D eigenvalue weighted by molar-refractivity contribution is 5.72. The third kappa shape index (κ3) is 8.20. The molecule has 0 aliphatic carbocycles. The minimum atomic E-state index is -0.165. The Morgan fingerprint density at radius 2 is 1.79 bits per heavy atom. The van der Waals surface area contributed by atoms with Crippen LogP contribution < -0.4 is 4.74 Å². The molecule has 0 aromatic heterocycles. The van der Waals surface area contributed by atoms with Gasteiger partial charge in [0.05, 0.1) is 0 Å². The second-order valence-corrected chi connectivity index (χ2v) is 4.65. The first-order valence-corrected chi connectivity index (χ1v) is 7.23. The molecule has 0 atom stereocenters. The summed E-state index contributed by atoms with van der Waals surface area (Å²) < 4.78 is 5.20. The number of ether oxygens (including phenoxy) is 1. The van der Waals surface area contributed by atoms with Crippen LogP contribution in [0.5, 0.6) is 5.75 Å². The SMILES string of the molecule is CCCCCCC=CCCC(=O)Oc1ccccc1. The van der Waals surface area contributed by atoms with Crippen LogP contribution in [0.2, 0.25) is 0 Å². The first kappa shape index (κ1) is 15.5. The molecule has 0 saturated heterocycles. The zero-order valence-corrected chi connectivity index (χ0v) is 11.8. The monoisotopic (exact) mass is 260 g/mol. The zero-order valence-electron chi connectivity index (χ0n) is 11.8. The molecule has 2 nitrogen and oxygen atoms in total. The van der Waals surface area contributed by atoms with Crippen LogP contribution in [-0.2, 0) is 4.79 Å². The molecule has 1 aromatic carbocycles. The standard InChI is InChI=1S/C17H24O2/c1-2-3-4-5-6-7-8-12-15-17(18)19-16-13-10-9-11-14-16/h7-11,13-14H,2-6,12,15H2,1H3. The summed E-state index contributed by atoms with van der Waals surface area (Å²) >= 11 is 0. The minimum Gasteiger partial charge on any atom is -0.427 e. The average Bonchev–Trinajstić information content (AvgIpc) is 2.43. The Bertz CT molecular complexity index is 368. The van der Waals surface area contributed by atoms with Crippen LogP contribution in [0.25, 0.3) is 0 Å². The number of unbranched alkanes of at least 4 members (excludes halogenated alkanes) is 4. The fraction of sp³-hybridized carbons (Fsp3) is 0.471. The second kappa shape index (κ2) is 10.4. The molecule has 0 saturated carbocycles. The van der Waals surface area contributed by atoms with E-state index in [1.807, 2.05) is 18.2 Å². The van der Waals surface area contributed by atoms with Gasteiger partial charge in [-0.2, -0.15) is 0 Å². The summed E-state index contributed by atoms with van der Waals surface area (Å²) in [4.78, 5) is 11.5. The van der Waals surface area contributed by atoms with E-state index in [-0.39, 0.29) is 5.97 Å². The lowest BCUT2D eigenvalue weighted by Crippen LogP contribution is -2.06. The molecule has 2 heteroatoms. The van der Waals surface area contributed by atoms with Crippen LogP contribution in [0.15, 0.2) is 42.5 Å². The number of para-hydroxylation sites is 1. The van der Waals surface area contributed by atoms with E-state index >= 15 is 0 Å². The van der Waals surface area contributed by atoms with Gasteiger partial charge in [0.1, 0.15) is 5.75 Å². The number of rotatable bonds is 9. The van der Waals surface area contributed by atoms with Crippen LogP contribution in [-0.4, -0.2) is 5.97 Å². The Morgan fingerprint density at radius 1 is 1.05 bits per heavy atom. The molecule has 0 fully saturated rings. The highest BCUT2D eigenvalue weighted by Gasteiger charge is 2.02. The van der Waals surface area contributed by atoms with Crippen molar-refractivity contribution in [2.24, 2.45) is 0 Å². The largest absolute Gasteiger partial charge is 0.427 e. The van der Waals surface area contributed by atoms with Gasteiger partial charge in [-0.15, -0.1) is 0 Å². The van der Waals surface area contributed by atoms with Gasteiger partial charge < -0.3 is 4.74 Å². The van der Waals surface area contributed by atoms with Crippen molar-refractivity contribution >= 4 is 5.97 Å². The molecule has 1 rings (SSSR count). The van der Waals surface area contributed by atoms with Crippen molar-refractivity contribution in [1.82, 2.24) is 0 Å². The maximum atomic E-state index is 11.5. The number of hydrogen-bond donors (Lipinski definition) is 0. The van der Waals surface area contributed by atoms with Gasteiger partial charge in [0, 0.05) is 6.42 Å². The average molecular weight is 260 g/mol. The second-order valence-electron chi connectivity index (χ2n) is 4.65. The highest BCUT2D eigenvalue weighted by atomic mass is 16.5. The molecule has 0 unspecified atom stereocenters. The van der Waals surface area contributed by atoms with Crippen molar-refractivity contribution in [1.29, 1.82) is 0 Å². The van der Waals surface area contributed by atoms with E-state index in [1.54, 1.807) is 12.1 Å². The third-order valence-corrected chi connectivity index (χ3v) is 2.88. The molecule has 0 amide bonds.